The van der Waals surface area contributed by atoms with Crippen LogP contribution in [0.15, 0.2) is 96.5 Å². The molecule has 0 spiro atoms. The maximum atomic E-state index is 6.10. The minimum Gasteiger partial charge on any atom is -0.397 e. The predicted molar refractivity (Wildman–Crippen MR) is 107 cm³/mol. The van der Waals surface area contributed by atoms with Crippen LogP contribution >= 0.6 is 0 Å². The number of allylic oxidation sites excluding steroid dienone is 1. The highest BCUT2D eigenvalue weighted by Gasteiger charge is 2.32. The van der Waals surface area contributed by atoms with Gasteiger partial charge in [0.15, 0.2) is 0 Å². The normalized spacial score (nSPS) is 20.4. The molecule has 0 aromatic heterocycles. The lowest BCUT2D eigenvalue weighted by Crippen LogP contribution is -2.51. The Morgan fingerprint density at radius 2 is 1.58 bits per heavy atom. The summed E-state index contributed by atoms with van der Waals surface area (Å²) in [6.45, 7) is 7.05. The number of hydrogen-bond acceptors (Lipinski definition) is 3. The summed E-state index contributed by atoms with van der Waals surface area (Å²) in [6, 6.07) is 21.7. The molecule has 2 aliphatic rings. The minimum absolute atomic E-state index is 0.312. The zero-order valence-electron chi connectivity index (χ0n) is 15.0. The molecule has 1 fully saturated rings. The lowest BCUT2D eigenvalue weighted by molar-refractivity contribution is 0.133. The number of piperazine rings is 1. The van der Waals surface area contributed by atoms with E-state index in [0.717, 1.165) is 37.3 Å². The van der Waals surface area contributed by atoms with Crippen molar-refractivity contribution in [2.24, 2.45) is 5.73 Å². The van der Waals surface area contributed by atoms with Crippen LogP contribution < -0.4 is 5.73 Å². The van der Waals surface area contributed by atoms with Gasteiger partial charge >= 0.3 is 0 Å². The summed E-state index contributed by atoms with van der Waals surface area (Å²) in [5.41, 5.74) is 11.8. The van der Waals surface area contributed by atoms with Crippen molar-refractivity contribution < 1.29 is 0 Å². The van der Waals surface area contributed by atoms with E-state index in [-0.39, 0.29) is 0 Å². The zero-order chi connectivity index (χ0) is 17.9. The second-order valence-corrected chi connectivity index (χ2v) is 7.03. The van der Waals surface area contributed by atoms with Crippen molar-refractivity contribution in [1.82, 2.24) is 9.80 Å². The summed E-state index contributed by atoms with van der Waals surface area (Å²) in [6.07, 6.45) is 5.20. The maximum Gasteiger partial charge on any atom is 0.0547 e. The molecule has 1 atom stereocenters. The third kappa shape index (κ3) is 3.44. The fourth-order valence-corrected chi connectivity index (χ4v) is 3.81. The van der Waals surface area contributed by atoms with Crippen LogP contribution in [0.3, 0.4) is 0 Å². The van der Waals surface area contributed by atoms with E-state index in [1.165, 1.54) is 16.8 Å². The van der Waals surface area contributed by atoms with E-state index >= 15 is 0 Å². The van der Waals surface area contributed by atoms with Gasteiger partial charge in [0.25, 0.3) is 0 Å². The van der Waals surface area contributed by atoms with Gasteiger partial charge in [-0.2, -0.15) is 0 Å². The summed E-state index contributed by atoms with van der Waals surface area (Å²) in [5.74, 6) is 0. The highest BCUT2D eigenvalue weighted by atomic mass is 15.3. The van der Waals surface area contributed by atoms with Gasteiger partial charge in [0.2, 0.25) is 0 Å². The molecule has 4 rings (SSSR count). The quantitative estimate of drug-likeness (QED) is 0.919. The number of rotatable bonds is 4. The Labute approximate surface area is 155 Å². The first-order chi connectivity index (χ1) is 12.7. The van der Waals surface area contributed by atoms with Gasteiger partial charge in [0.05, 0.1) is 11.7 Å². The van der Waals surface area contributed by atoms with Crippen LogP contribution in [0, 0.1) is 0 Å². The summed E-state index contributed by atoms with van der Waals surface area (Å²) in [4.78, 5) is 4.88. The Hall–Kier alpha value is -2.78. The van der Waals surface area contributed by atoms with Crippen LogP contribution in [0.1, 0.15) is 11.1 Å². The van der Waals surface area contributed by atoms with Gasteiger partial charge in [0.1, 0.15) is 0 Å². The molecule has 1 unspecified atom stereocenters. The van der Waals surface area contributed by atoms with Gasteiger partial charge in [-0.25, -0.2) is 0 Å². The molecule has 2 heterocycles. The highest BCUT2D eigenvalue weighted by molar-refractivity contribution is 5.43. The van der Waals surface area contributed by atoms with E-state index in [9.17, 15) is 0 Å². The topological polar surface area (TPSA) is 32.5 Å². The smallest absolute Gasteiger partial charge is 0.0547 e. The Balaban J connectivity index is 1.65. The van der Waals surface area contributed by atoms with Crippen LogP contribution in [-0.4, -0.2) is 28.9 Å². The monoisotopic (exact) mass is 343 g/mol. The second kappa shape index (κ2) is 7.22. The third-order valence-electron chi connectivity index (χ3n) is 5.23. The summed E-state index contributed by atoms with van der Waals surface area (Å²) >= 11 is 0. The second-order valence-electron chi connectivity index (χ2n) is 7.03. The maximum absolute atomic E-state index is 6.10. The van der Waals surface area contributed by atoms with Gasteiger partial charge in [-0.05, 0) is 29.2 Å². The molecule has 2 aromatic rings. The zero-order valence-corrected chi connectivity index (χ0v) is 15.0. The van der Waals surface area contributed by atoms with Crippen molar-refractivity contribution in [3.05, 3.63) is 108 Å². The molecule has 1 saturated heterocycles. The van der Waals surface area contributed by atoms with Crippen LogP contribution in [0.4, 0.5) is 0 Å². The molecule has 0 radical (unpaired) electrons. The van der Waals surface area contributed by atoms with Gasteiger partial charge in [-0.15, -0.1) is 0 Å². The first-order valence-electron chi connectivity index (χ1n) is 9.17. The lowest BCUT2D eigenvalue weighted by atomic mass is 9.94. The minimum atomic E-state index is 0.312. The predicted octanol–water partition coefficient (Wildman–Crippen LogP) is 3.67. The van der Waals surface area contributed by atoms with Crippen molar-refractivity contribution in [3.8, 4) is 0 Å². The number of nitrogens with two attached hydrogens (primary N) is 1. The summed E-state index contributed by atoms with van der Waals surface area (Å²) in [7, 11) is 0. The van der Waals surface area contributed by atoms with E-state index in [1.807, 2.05) is 0 Å². The summed E-state index contributed by atoms with van der Waals surface area (Å²) < 4.78 is 0. The number of fused-ring (bicyclic) bond motifs is 1. The van der Waals surface area contributed by atoms with Gasteiger partial charge in [-0.1, -0.05) is 67.2 Å². The Kier molecular flexibility index (Phi) is 4.63. The number of benzene rings is 2. The molecule has 2 aromatic carbocycles. The fraction of sp³-hybridized carbons (Fsp3) is 0.217. The van der Waals surface area contributed by atoms with E-state index in [4.69, 9.17) is 5.73 Å². The molecule has 132 valence electrons. The lowest BCUT2D eigenvalue weighted by Gasteiger charge is -2.45. The molecule has 0 saturated carbocycles. The van der Waals surface area contributed by atoms with Crippen LogP contribution in [-0.2, 0) is 13.0 Å². The van der Waals surface area contributed by atoms with E-state index < -0.39 is 0 Å². The largest absolute Gasteiger partial charge is 0.397 e. The molecule has 2 N–H and O–H groups in total. The average Bonchev–Trinajstić information content (AvgIpc) is 2.67. The Morgan fingerprint density at radius 1 is 0.923 bits per heavy atom. The van der Waals surface area contributed by atoms with Gasteiger partial charge in [-0.3, -0.25) is 4.90 Å². The molecule has 0 bridgehead atoms. The van der Waals surface area contributed by atoms with Gasteiger partial charge in [0, 0.05) is 31.5 Å². The van der Waals surface area contributed by atoms with E-state index in [1.54, 1.807) is 0 Å². The van der Waals surface area contributed by atoms with Crippen LogP contribution in [0.25, 0.3) is 0 Å². The van der Waals surface area contributed by atoms with Gasteiger partial charge < -0.3 is 10.6 Å². The molecule has 2 aliphatic heterocycles. The number of nitrogens with zero attached hydrogens (tertiary/aromatic N) is 2. The Morgan fingerprint density at radius 3 is 2.27 bits per heavy atom. The molecular weight excluding hydrogens is 318 g/mol. The van der Waals surface area contributed by atoms with Crippen LogP contribution in [0.5, 0.6) is 0 Å². The van der Waals surface area contributed by atoms with Crippen molar-refractivity contribution in [1.29, 1.82) is 0 Å². The molecule has 26 heavy (non-hydrogen) atoms. The Bertz CT molecular complexity index is 836. The standard InChI is InChI=1S/C23H25N3/c1-18-14-22-23(15-19-8-4-2-5-9-19)25(12-13-26(22)17-21(18)24)16-20-10-6-3-7-11-20/h2-11,14,17,23H,1,12-13,15-16,24H2. The van der Waals surface area contributed by atoms with Crippen molar-refractivity contribution in [2.75, 3.05) is 13.1 Å². The molecule has 3 nitrogen and oxygen atoms in total. The van der Waals surface area contributed by atoms with Crippen LogP contribution in [0.2, 0.25) is 0 Å². The molecule has 0 aliphatic carbocycles. The van der Waals surface area contributed by atoms with E-state index in [0.29, 0.717) is 6.04 Å². The number of hydrogen-bond donors (Lipinski definition) is 1. The molecular formula is C23H25N3. The average molecular weight is 343 g/mol. The highest BCUT2D eigenvalue weighted by Crippen LogP contribution is 2.30. The van der Waals surface area contributed by atoms with Crippen molar-refractivity contribution >= 4 is 0 Å². The van der Waals surface area contributed by atoms with Crippen molar-refractivity contribution in [2.45, 2.75) is 19.0 Å². The SMILES string of the molecule is C=C1C=C2C(Cc3ccccc3)N(Cc3ccccc3)CCN2C=C1N. The summed E-state index contributed by atoms with van der Waals surface area (Å²) in [5, 5.41) is 0. The third-order valence-corrected chi connectivity index (χ3v) is 5.23. The van der Waals surface area contributed by atoms with Crippen molar-refractivity contribution in [3.63, 3.8) is 0 Å². The molecule has 3 heteroatoms. The first kappa shape index (κ1) is 16.7. The first-order valence-corrected chi connectivity index (χ1v) is 9.17. The molecule has 0 amide bonds. The fourth-order valence-electron chi connectivity index (χ4n) is 3.81. The van der Waals surface area contributed by atoms with E-state index in [2.05, 4.69) is 89.3 Å².